The lowest BCUT2D eigenvalue weighted by Gasteiger charge is -2.21. The first-order valence-corrected chi connectivity index (χ1v) is 18.2. The molecule has 0 bridgehead atoms. The molecule has 0 heterocycles. The number of likely N-dealkylation sites (N-methyl/N-ethyl adjacent to an activating group) is 1. The first-order valence-electron chi connectivity index (χ1n) is 18.2. The number of rotatable bonds is 32. The first-order chi connectivity index (χ1) is 24.4. The molecule has 0 spiro atoms. The third-order valence-electron chi connectivity index (χ3n) is 7.67. The van der Waals surface area contributed by atoms with Crippen LogP contribution in [0.2, 0.25) is 0 Å². The van der Waals surface area contributed by atoms with Crippen LogP contribution in [0.4, 0.5) is 0 Å². The summed E-state index contributed by atoms with van der Waals surface area (Å²) in [6.45, 7) is 6.98. The number of aldehydes is 1. The number of Topliss-reactive ketones (excluding diaryl/α,β-unsaturated/α-hetero) is 1. The topological polar surface area (TPSA) is 215 Å². The van der Waals surface area contributed by atoms with E-state index in [2.05, 4.69) is 31.8 Å². The maximum Gasteiger partial charge on any atom is 0.234 e. The van der Waals surface area contributed by atoms with Crippen molar-refractivity contribution in [3.63, 3.8) is 0 Å². The molecule has 0 rings (SSSR count). The van der Waals surface area contributed by atoms with Crippen molar-refractivity contribution < 1.29 is 38.4 Å². The summed E-state index contributed by atoms with van der Waals surface area (Å²) in [6.07, 6.45) is 7.78. The molecule has 16 nitrogen and oxygen atoms in total. The SMILES string of the molecule is [B]NC(=O)CCCCCNC(=O)CN(CC(=O)NCCCCCNC(=O)CN(CC=O)CC(=O)NCC)CC(=O)NCCCCCC(=O)C(C)C. The fourth-order valence-electron chi connectivity index (χ4n) is 4.84. The number of nitrogens with zero attached hydrogens (tertiary/aromatic N) is 2. The van der Waals surface area contributed by atoms with Gasteiger partial charge in [0, 0.05) is 51.5 Å². The highest BCUT2D eigenvalue weighted by Gasteiger charge is 2.18. The Morgan fingerprint density at radius 3 is 1.27 bits per heavy atom. The minimum absolute atomic E-state index is 0.0148. The highest BCUT2D eigenvalue weighted by Crippen LogP contribution is 2.06. The molecule has 0 aromatic heterocycles. The number of hydrogen-bond acceptors (Lipinski definition) is 10. The smallest absolute Gasteiger partial charge is 0.234 e. The summed E-state index contributed by atoms with van der Waals surface area (Å²) in [5, 5.41) is 15.9. The third-order valence-corrected chi connectivity index (χ3v) is 7.67. The quantitative estimate of drug-likeness (QED) is 0.0286. The summed E-state index contributed by atoms with van der Waals surface area (Å²) in [4.78, 5) is 98.8. The zero-order valence-electron chi connectivity index (χ0n) is 30.9. The van der Waals surface area contributed by atoms with Crippen LogP contribution in [0, 0.1) is 5.92 Å². The highest BCUT2D eigenvalue weighted by atomic mass is 16.2. The summed E-state index contributed by atoms with van der Waals surface area (Å²) in [7, 11) is 5.07. The molecule has 0 aliphatic carbocycles. The highest BCUT2D eigenvalue weighted by molar-refractivity contribution is 6.14. The van der Waals surface area contributed by atoms with Gasteiger partial charge in [-0.1, -0.05) is 26.7 Å². The Morgan fingerprint density at radius 2 is 0.902 bits per heavy atom. The van der Waals surface area contributed by atoms with Gasteiger partial charge in [-0.3, -0.25) is 43.4 Å². The van der Waals surface area contributed by atoms with Crippen LogP contribution < -0.4 is 31.8 Å². The molecule has 0 aromatic rings. The number of carbonyl (C=O) groups is 8. The van der Waals surface area contributed by atoms with Crippen molar-refractivity contribution in [1.82, 2.24) is 41.6 Å². The molecule has 0 atom stereocenters. The van der Waals surface area contributed by atoms with Crippen LogP contribution in [0.5, 0.6) is 0 Å². The van der Waals surface area contributed by atoms with Gasteiger partial charge >= 0.3 is 0 Å². The van der Waals surface area contributed by atoms with E-state index in [0.717, 1.165) is 19.3 Å². The van der Waals surface area contributed by atoms with Gasteiger partial charge in [0.1, 0.15) is 12.1 Å². The van der Waals surface area contributed by atoms with Gasteiger partial charge in [0.2, 0.25) is 43.4 Å². The molecule has 0 fully saturated rings. The van der Waals surface area contributed by atoms with Gasteiger partial charge in [-0.05, 0) is 51.9 Å². The van der Waals surface area contributed by atoms with Gasteiger partial charge in [-0.25, -0.2) is 0 Å². The van der Waals surface area contributed by atoms with Crippen LogP contribution in [0.25, 0.3) is 0 Å². The summed E-state index contributed by atoms with van der Waals surface area (Å²) in [6, 6.07) is 0. The first kappa shape index (κ1) is 47.1. The van der Waals surface area contributed by atoms with Crippen molar-refractivity contribution in [2.45, 2.75) is 91.4 Å². The van der Waals surface area contributed by atoms with Crippen molar-refractivity contribution in [2.75, 3.05) is 72.0 Å². The Morgan fingerprint density at radius 1 is 0.529 bits per heavy atom. The van der Waals surface area contributed by atoms with Crippen molar-refractivity contribution in [1.29, 1.82) is 0 Å². The van der Waals surface area contributed by atoms with Gasteiger partial charge in [-0.15, -0.1) is 0 Å². The fraction of sp³-hybridized carbons (Fsp3) is 0.765. The molecule has 6 amide bonds. The molecule has 0 aromatic carbocycles. The van der Waals surface area contributed by atoms with E-state index in [0.29, 0.717) is 90.4 Å². The Balaban J connectivity index is 4.63. The van der Waals surface area contributed by atoms with Gasteiger partial charge in [0.05, 0.1) is 39.3 Å². The number of ketones is 1. The predicted molar refractivity (Wildman–Crippen MR) is 194 cm³/mol. The molecule has 288 valence electrons. The molecule has 0 saturated heterocycles. The summed E-state index contributed by atoms with van der Waals surface area (Å²) >= 11 is 0. The second-order valence-corrected chi connectivity index (χ2v) is 12.7. The predicted octanol–water partition coefficient (Wildman–Crippen LogP) is -0.894. The molecule has 0 aliphatic rings. The van der Waals surface area contributed by atoms with Crippen LogP contribution in [-0.2, 0) is 38.4 Å². The number of nitrogens with one attached hydrogen (secondary N) is 6. The number of unbranched alkanes of at least 4 members (excludes halogenated alkanes) is 6. The molecule has 0 aliphatic heterocycles. The minimum atomic E-state index is -0.334. The van der Waals surface area contributed by atoms with Crippen molar-refractivity contribution in [2.24, 2.45) is 5.92 Å². The fourth-order valence-corrected chi connectivity index (χ4v) is 4.84. The van der Waals surface area contributed by atoms with Gasteiger partial charge in [0.15, 0.2) is 0 Å². The van der Waals surface area contributed by atoms with E-state index < -0.39 is 0 Å². The second-order valence-electron chi connectivity index (χ2n) is 12.7. The lowest BCUT2D eigenvalue weighted by molar-refractivity contribution is -0.129. The van der Waals surface area contributed by atoms with Crippen LogP contribution in [-0.4, -0.2) is 137 Å². The van der Waals surface area contributed by atoms with Crippen LogP contribution in [0.15, 0.2) is 0 Å². The molecular formula is C34H61BN8O8. The van der Waals surface area contributed by atoms with Crippen molar-refractivity contribution in [3.05, 3.63) is 0 Å². The lowest BCUT2D eigenvalue weighted by Crippen LogP contribution is -2.47. The van der Waals surface area contributed by atoms with Crippen LogP contribution >= 0.6 is 0 Å². The molecule has 0 saturated carbocycles. The monoisotopic (exact) mass is 720 g/mol. The Bertz CT molecular complexity index is 1080. The van der Waals surface area contributed by atoms with Crippen molar-refractivity contribution in [3.8, 4) is 0 Å². The minimum Gasteiger partial charge on any atom is -0.409 e. The van der Waals surface area contributed by atoms with Gasteiger partial charge in [0.25, 0.3) is 0 Å². The standard InChI is InChI=1S/C34H61BN8O8/c1-4-36-30(47)22-42(20-21-44)23-31(48)37-18-12-7-13-19-40-34(51)26-43(25-33(50)39-17-11-6-9-15-29(46)41-35)24-32(49)38-16-10-5-8-14-28(45)27(2)3/h21,27H,4-20,22-26H2,1-3H3,(H,36,47)(H,37,48)(H,38,49)(H,39,50)(H,40,51)(H,41,46). The summed E-state index contributed by atoms with van der Waals surface area (Å²) < 4.78 is 0. The lowest BCUT2D eigenvalue weighted by atomic mass is 10.0. The normalized spacial score (nSPS) is 10.9. The van der Waals surface area contributed by atoms with Gasteiger partial charge in [-0.2, -0.15) is 0 Å². The number of hydrogen-bond donors (Lipinski definition) is 6. The maximum atomic E-state index is 12.7. The summed E-state index contributed by atoms with van der Waals surface area (Å²) in [5.41, 5.74) is 0. The van der Waals surface area contributed by atoms with E-state index in [1.807, 2.05) is 13.8 Å². The molecule has 51 heavy (non-hydrogen) atoms. The van der Waals surface area contributed by atoms with E-state index in [4.69, 9.17) is 7.98 Å². The average Bonchev–Trinajstić information content (AvgIpc) is 3.07. The van der Waals surface area contributed by atoms with E-state index >= 15 is 0 Å². The molecule has 6 N–H and O–H groups in total. The largest absolute Gasteiger partial charge is 0.409 e. The van der Waals surface area contributed by atoms with Crippen molar-refractivity contribution >= 4 is 55.5 Å². The third kappa shape index (κ3) is 28.5. The van der Waals surface area contributed by atoms with Gasteiger partial charge < -0.3 is 36.6 Å². The van der Waals surface area contributed by atoms with Crippen LogP contribution in [0.1, 0.15) is 91.4 Å². The molecular weight excluding hydrogens is 659 g/mol. The number of carbonyl (C=O) groups excluding carboxylic acids is 8. The van der Waals surface area contributed by atoms with E-state index in [1.165, 1.54) is 9.80 Å². The van der Waals surface area contributed by atoms with E-state index in [1.54, 1.807) is 6.92 Å². The molecule has 0 unspecified atom stereocenters. The summed E-state index contributed by atoms with van der Waals surface area (Å²) in [5.74, 6) is -1.54. The zero-order valence-corrected chi connectivity index (χ0v) is 30.9. The maximum absolute atomic E-state index is 12.7. The Hall–Kier alpha value is -3.86. The average molecular weight is 721 g/mol. The Labute approximate surface area is 304 Å². The second kappa shape index (κ2) is 30.9. The molecule has 2 radical (unpaired) electrons. The van der Waals surface area contributed by atoms with E-state index in [-0.39, 0.29) is 86.4 Å². The number of amides is 6. The molecule has 17 heteroatoms. The van der Waals surface area contributed by atoms with E-state index in [9.17, 15) is 38.4 Å². The van der Waals surface area contributed by atoms with Crippen LogP contribution in [0.3, 0.4) is 0 Å². The Kier molecular flexibility index (Phi) is 28.6. The zero-order chi connectivity index (χ0) is 38.3.